The van der Waals surface area contributed by atoms with Gasteiger partial charge in [-0.2, -0.15) is 0 Å². The van der Waals surface area contributed by atoms with E-state index >= 15 is 0 Å². The molecule has 0 aliphatic rings. The maximum Gasteiger partial charge on any atom is 0.128 e. The molecule has 0 aliphatic carbocycles. The lowest BCUT2D eigenvalue weighted by Gasteiger charge is -2.08. The quantitative estimate of drug-likeness (QED) is 0.831. The van der Waals surface area contributed by atoms with Crippen molar-refractivity contribution in [2.24, 2.45) is 0 Å². The smallest absolute Gasteiger partial charge is 0.128 e. The van der Waals surface area contributed by atoms with E-state index in [0.717, 1.165) is 24.2 Å². The zero-order chi connectivity index (χ0) is 14.2. The van der Waals surface area contributed by atoms with Crippen LogP contribution >= 0.6 is 0 Å². The summed E-state index contributed by atoms with van der Waals surface area (Å²) in [6.07, 6.45) is 0. The number of nitrogens with one attached hydrogen (secondary N) is 1. The summed E-state index contributed by atoms with van der Waals surface area (Å²) in [5, 5.41) is 3.23. The summed E-state index contributed by atoms with van der Waals surface area (Å²) in [6, 6.07) is 15.1. The number of ether oxygens (including phenoxy) is 1. The predicted octanol–water partition coefficient (Wildman–Crippen LogP) is 3.65. The van der Waals surface area contributed by atoms with Crippen molar-refractivity contribution in [1.82, 2.24) is 5.32 Å². The van der Waals surface area contributed by atoms with Crippen LogP contribution in [-0.4, -0.2) is 6.54 Å². The van der Waals surface area contributed by atoms with Gasteiger partial charge < -0.3 is 10.1 Å². The molecule has 0 spiro atoms. The normalized spacial score (nSPS) is 10.7. The molecule has 2 rings (SSSR count). The highest BCUT2D eigenvalue weighted by molar-refractivity contribution is 5.24. The van der Waals surface area contributed by atoms with Gasteiger partial charge in [0.25, 0.3) is 0 Å². The van der Waals surface area contributed by atoms with Crippen molar-refractivity contribution in [2.75, 3.05) is 6.54 Å². The van der Waals surface area contributed by atoms with Gasteiger partial charge in [0.1, 0.15) is 5.82 Å². The van der Waals surface area contributed by atoms with Gasteiger partial charge in [0.05, 0.1) is 13.2 Å². The monoisotopic (exact) mass is 273 g/mol. The molecule has 0 unspecified atom stereocenters. The third-order valence-electron chi connectivity index (χ3n) is 3.06. The maximum absolute atomic E-state index is 13.7. The SMILES string of the molecule is CCNCc1ccc(F)c(COCc2ccccc2)c1. The standard InChI is InChI=1S/C17H20FNO/c1-2-19-11-15-8-9-17(18)16(10-15)13-20-12-14-6-4-3-5-7-14/h3-10,19H,2,11-13H2,1H3. The molecular formula is C17H20FNO. The van der Waals surface area contributed by atoms with Crippen molar-refractivity contribution in [3.05, 3.63) is 71.0 Å². The Kier molecular flexibility index (Phi) is 5.71. The Labute approximate surface area is 119 Å². The highest BCUT2D eigenvalue weighted by Crippen LogP contribution is 2.13. The predicted molar refractivity (Wildman–Crippen MR) is 78.7 cm³/mol. The molecule has 20 heavy (non-hydrogen) atoms. The van der Waals surface area contributed by atoms with Crippen molar-refractivity contribution < 1.29 is 9.13 Å². The van der Waals surface area contributed by atoms with Gasteiger partial charge in [0, 0.05) is 12.1 Å². The molecular weight excluding hydrogens is 253 g/mol. The van der Waals surface area contributed by atoms with E-state index in [2.05, 4.69) is 5.32 Å². The van der Waals surface area contributed by atoms with Crippen molar-refractivity contribution in [2.45, 2.75) is 26.7 Å². The van der Waals surface area contributed by atoms with Crippen LogP contribution in [0, 0.1) is 5.82 Å². The van der Waals surface area contributed by atoms with Crippen LogP contribution in [0.3, 0.4) is 0 Å². The molecule has 0 saturated heterocycles. The number of rotatable bonds is 7. The fourth-order valence-corrected chi connectivity index (χ4v) is 1.97. The summed E-state index contributed by atoms with van der Waals surface area (Å²) >= 11 is 0. The molecule has 1 N–H and O–H groups in total. The Bertz CT molecular complexity index is 528. The molecule has 0 heterocycles. The van der Waals surface area contributed by atoms with Gasteiger partial charge in [-0.1, -0.05) is 43.3 Å². The first kappa shape index (κ1) is 14.7. The Morgan fingerprint density at radius 1 is 1.00 bits per heavy atom. The minimum absolute atomic E-state index is 0.210. The Morgan fingerprint density at radius 3 is 2.55 bits per heavy atom. The summed E-state index contributed by atoms with van der Waals surface area (Å²) in [5.74, 6) is -0.210. The molecule has 0 radical (unpaired) electrons. The lowest BCUT2D eigenvalue weighted by atomic mass is 10.1. The maximum atomic E-state index is 13.7. The lowest BCUT2D eigenvalue weighted by molar-refractivity contribution is 0.105. The molecule has 2 aromatic carbocycles. The van der Waals surface area contributed by atoms with Gasteiger partial charge >= 0.3 is 0 Å². The Balaban J connectivity index is 1.91. The topological polar surface area (TPSA) is 21.3 Å². The largest absolute Gasteiger partial charge is 0.372 e. The molecule has 0 aromatic heterocycles. The van der Waals surface area contributed by atoms with E-state index < -0.39 is 0 Å². The van der Waals surface area contributed by atoms with Crippen LogP contribution in [0.4, 0.5) is 4.39 Å². The van der Waals surface area contributed by atoms with Gasteiger partial charge in [-0.25, -0.2) is 4.39 Å². The Hall–Kier alpha value is -1.71. The number of benzene rings is 2. The first-order valence-electron chi connectivity index (χ1n) is 6.89. The lowest BCUT2D eigenvalue weighted by Crippen LogP contribution is -2.12. The second-order valence-corrected chi connectivity index (χ2v) is 4.68. The van der Waals surface area contributed by atoms with Crippen LogP contribution in [0.1, 0.15) is 23.6 Å². The van der Waals surface area contributed by atoms with Crippen LogP contribution in [0.5, 0.6) is 0 Å². The van der Waals surface area contributed by atoms with E-state index in [0.29, 0.717) is 18.8 Å². The van der Waals surface area contributed by atoms with Crippen LogP contribution in [0.25, 0.3) is 0 Å². The van der Waals surface area contributed by atoms with Gasteiger partial charge in [-0.05, 0) is 29.8 Å². The molecule has 2 aromatic rings. The molecule has 2 nitrogen and oxygen atoms in total. The van der Waals surface area contributed by atoms with Crippen molar-refractivity contribution in [3.8, 4) is 0 Å². The zero-order valence-corrected chi connectivity index (χ0v) is 11.7. The van der Waals surface area contributed by atoms with E-state index in [1.165, 1.54) is 6.07 Å². The van der Waals surface area contributed by atoms with E-state index in [1.54, 1.807) is 6.07 Å². The fourth-order valence-electron chi connectivity index (χ4n) is 1.97. The summed E-state index contributed by atoms with van der Waals surface area (Å²) in [6.45, 7) is 4.49. The number of hydrogen-bond donors (Lipinski definition) is 1. The third-order valence-corrected chi connectivity index (χ3v) is 3.06. The van der Waals surface area contributed by atoms with Crippen molar-refractivity contribution in [3.63, 3.8) is 0 Å². The van der Waals surface area contributed by atoms with Gasteiger partial charge in [0.2, 0.25) is 0 Å². The zero-order valence-electron chi connectivity index (χ0n) is 11.7. The minimum Gasteiger partial charge on any atom is -0.372 e. The highest BCUT2D eigenvalue weighted by Gasteiger charge is 2.04. The molecule has 0 aliphatic heterocycles. The summed E-state index contributed by atoms with van der Waals surface area (Å²) < 4.78 is 19.3. The van der Waals surface area contributed by atoms with E-state index in [4.69, 9.17) is 4.74 Å². The van der Waals surface area contributed by atoms with E-state index in [-0.39, 0.29) is 5.82 Å². The number of hydrogen-bond acceptors (Lipinski definition) is 2. The second kappa shape index (κ2) is 7.78. The highest BCUT2D eigenvalue weighted by atomic mass is 19.1. The summed E-state index contributed by atoms with van der Waals surface area (Å²) in [5.41, 5.74) is 2.78. The third kappa shape index (κ3) is 4.44. The first-order valence-corrected chi connectivity index (χ1v) is 6.89. The average molecular weight is 273 g/mol. The minimum atomic E-state index is -0.210. The molecule has 3 heteroatoms. The fraction of sp³-hybridized carbons (Fsp3) is 0.294. The van der Waals surface area contributed by atoms with Crippen molar-refractivity contribution in [1.29, 1.82) is 0 Å². The van der Waals surface area contributed by atoms with Crippen molar-refractivity contribution >= 4 is 0 Å². The molecule has 0 fully saturated rings. The van der Waals surface area contributed by atoms with Crippen LogP contribution in [0.2, 0.25) is 0 Å². The van der Waals surface area contributed by atoms with Gasteiger partial charge in [-0.15, -0.1) is 0 Å². The Morgan fingerprint density at radius 2 is 1.80 bits per heavy atom. The summed E-state index contributed by atoms with van der Waals surface area (Å²) in [7, 11) is 0. The second-order valence-electron chi connectivity index (χ2n) is 4.68. The van der Waals surface area contributed by atoms with E-state index in [9.17, 15) is 4.39 Å². The molecule has 0 bridgehead atoms. The van der Waals surface area contributed by atoms with Gasteiger partial charge in [-0.3, -0.25) is 0 Å². The van der Waals surface area contributed by atoms with Crippen LogP contribution in [-0.2, 0) is 24.5 Å². The molecule has 0 amide bonds. The van der Waals surface area contributed by atoms with Crippen LogP contribution in [0.15, 0.2) is 48.5 Å². The van der Waals surface area contributed by atoms with Crippen LogP contribution < -0.4 is 5.32 Å². The molecule has 0 atom stereocenters. The molecule has 106 valence electrons. The molecule has 0 saturated carbocycles. The summed E-state index contributed by atoms with van der Waals surface area (Å²) in [4.78, 5) is 0. The van der Waals surface area contributed by atoms with E-state index in [1.807, 2.05) is 43.3 Å². The average Bonchev–Trinajstić information content (AvgIpc) is 2.49. The first-order chi connectivity index (χ1) is 9.79. The van der Waals surface area contributed by atoms with Gasteiger partial charge in [0.15, 0.2) is 0 Å². The number of halogens is 1.